The van der Waals surface area contributed by atoms with Crippen molar-refractivity contribution in [2.75, 3.05) is 0 Å². The summed E-state index contributed by atoms with van der Waals surface area (Å²) in [6.07, 6.45) is 5.48. The lowest BCUT2D eigenvalue weighted by atomic mass is 10.2. The topological polar surface area (TPSA) is 26.0 Å². The smallest absolute Gasteiger partial charge is 0.0300 e. The molecule has 64 valence electrons. The SMILES string of the molecule is C=C/C=C(C)\C(N)=C/C.CC. The maximum absolute atomic E-state index is 5.55. The Morgan fingerprint density at radius 3 is 2.09 bits per heavy atom. The molecule has 0 aromatic carbocycles. The van der Waals surface area contributed by atoms with E-state index in [2.05, 4.69) is 6.58 Å². The van der Waals surface area contributed by atoms with Gasteiger partial charge in [-0.05, 0) is 19.4 Å². The zero-order valence-electron chi connectivity index (χ0n) is 8.02. The molecule has 0 aromatic heterocycles. The highest BCUT2D eigenvalue weighted by molar-refractivity contribution is 5.28. The predicted octanol–water partition coefficient (Wildman–Crippen LogP) is 3.01. The molecule has 0 fully saturated rings. The second-order valence-corrected chi connectivity index (χ2v) is 1.83. The lowest BCUT2D eigenvalue weighted by molar-refractivity contribution is 1.27. The van der Waals surface area contributed by atoms with Gasteiger partial charge in [-0.3, -0.25) is 0 Å². The Kier molecular flexibility index (Phi) is 10.4. The first-order valence-corrected chi connectivity index (χ1v) is 3.93. The molecular weight excluding hydrogens is 134 g/mol. The molecule has 11 heavy (non-hydrogen) atoms. The molecule has 2 N–H and O–H groups in total. The summed E-state index contributed by atoms with van der Waals surface area (Å²) in [5.41, 5.74) is 7.42. The summed E-state index contributed by atoms with van der Waals surface area (Å²) in [6.45, 7) is 11.4. The summed E-state index contributed by atoms with van der Waals surface area (Å²) < 4.78 is 0. The lowest BCUT2D eigenvalue weighted by Crippen LogP contribution is -1.96. The van der Waals surface area contributed by atoms with Crippen LogP contribution in [0.3, 0.4) is 0 Å². The molecule has 0 spiro atoms. The molecule has 0 bridgehead atoms. The maximum atomic E-state index is 5.55. The Bertz CT molecular complexity index is 152. The number of hydrogen-bond donors (Lipinski definition) is 1. The fourth-order valence-corrected chi connectivity index (χ4v) is 0.501. The van der Waals surface area contributed by atoms with Crippen molar-refractivity contribution in [3.8, 4) is 0 Å². The van der Waals surface area contributed by atoms with Gasteiger partial charge in [-0.2, -0.15) is 0 Å². The van der Waals surface area contributed by atoms with Gasteiger partial charge >= 0.3 is 0 Å². The van der Waals surface area contributed by atoms with Crippen molar-refractivity contribution >= 4 is 0 Å². The Morgan fingerprint density at radius 2 is 1.82 bits per heavy atom. The number of nitrogens with two attached hydrogens (primary N) is 1. The summed E-state index contributed by atoms with van der Waals surface area (Å²) >= 11 is 0. The summed E-state index contributed by atoms with van der Waals surface area (Å²) in [5, 5.41) is 0. The zero-order valence-corrected chi connectivity index (χ0v) is 8.02. The molecule has 0 aliphatic rings. The van der Waals surface area contributed by atoms with Gasteiger partial charge in [0.05, 0.1) is 0 Å². The molecule has 0 unspecified atom stereocenters. The third-order valence-electron chi connectivity index (χ3n) is 1.13. The van der Waals surface area contributed by atoms with E-state index in [4.69, 9.17) is 5.73 Å². The first-order chi connectivity index (χ1) is 5.22. The molecule has 0 aliphatic carbocycles. The number of allylic oxidation sites excluding steroid dienone is 4. The molecular formula is C10H19N. The van der Waals surface area contributed by atoms with Crippen molar-refractivity contribution in [2.24, 2.45) is 5.73 Å². The Labute approximate surface area is 70.3 Å². The Morgan fingerprint density at radius 1 is 1.36 bits per heavy atom. The van der Waals surface area contributed by atoms with Crippen LogP contribution in [0.25, 0.3) is 0 Å². The third-order valence-corrected chi connectivity index (χ3v) is 1.13. The number of rotatable bonds is 2. The van der Waals surface area contributed by atoms with Crippen molar-refractivity contribution in [3.05, 3.63) is 36.1 Å². The minimum Gasteiger partial charge on any atom is -0.399 e. The van der Waals surface area contributed by atoms with Crippen molar-refractivity contribution in [1.29, 1.82) is 0 Å². The van der Waals surface area contributed by atoms with Gasteiger partial charge in [-0.25, -0.2) is 0 Å². The van der Waals surface area contributed by atoms with Crippen molar-refractivity contribution < 1.29 is 0 Å². The van der Waals surface area contributed by atoms with E-state index in [0.717, 1.165) is 11.3 Å². The molecule has 0 heterocycles. The van der Waals surface area contributed by atoms with Crippen LogP contribution in [0.5, 0.6) is 0 Å². The maximum Gasteiger partial charge on any atom is 0.0300 e. The third kappa shape index (κ3) is 6.91. The van der Waals surface area contributed by atoms with Crippen LogP contribution in [0.4, 0.5) is 0 Å². The van der Waals surface area contributed by atoms with Gasteiger partial charge in [0.15, 0.2) is 0 Å². The Hall–Kier alpha value is -0.980. The van der Waals surface area contributed by atoms with E-state index in [1.165, 1.54) is 0 Å². The van der Waals surface area contributed by atoms with Crippen LogP contribution in [-0.4, -0.2) is 0 Å². The van der Waals surface area contributed by atoms with Gasteiger partial charge in [0.1, 0.15) is 0 Å². The second-order valence-electron chi connectivity index (χ2n) is 1.83. The van der Waals surface area contributed by atoms with Gasteiger partial charge in [-0.15, -0.1) is 0 Å². The molecule has 1 nitrogen and oxygen atoms in total. The molecule has 0 saturated heterocycles. The normalized spacial score (nSPS) is 11.6. The molecule has 0 aliphatic heterocycles. The van der Waals surface area contributed by atoms with Crippen LogP contribution in [0, 0.1) is 0 Å². The van der Waals surface area contributed by atoms with Crippen LogP contribution < -0.4 is 5.73 Å². The van der Waals surface area contributed by atoms with E-state index < -0.39 is 0 Å². The Balaban J connectivity index is 0. The zero-order chi connectivity index (χ0) is 9.28. The molecule has 0 rings (SSSR count). The summed E-state index contributed by atoms with van der Waals surface area (Å²) in [5.74, 6) is 0. The molecule has 0 atom stereocenters. The fourth-order valence-electron chi connectivity index (χ4n) is 0.501. The largest absolute Gasteiger partial charge is 0.399 e. The van der Waals surface area contributed by atoms with E-state index in [0.29, 0.717) is 0 Å². The standard InChI is InChI=1S/C8H13N.C2H6/c1-4-6-7(3)8(9)5-2;1-2/h4-6H,1,9H2,2-3H3;1-2H3/b7-6-,8-5+;. The van der Waals surface area contributed by atoms with Gasteiger partial charge in [0, 0.05) is 5.70 Å². The molecule has 0 saturated carbocycles. The molecule has 0 amide bonds. The number of hydrogen-bond acceptors (Lipinski definition) is 1. The highest BCUT2D eigenvalue weighted by Crippen LogP contribution is 2.00. The van der Waals surface area contributed by atoms with E-state index >= 15 is 0 Å². The van der Waals surface area contributed by atoms with Crippen LogP contribution in [0.1, 0.15) is 27.7 Å². The summed E-state index contributed by atoms with van der Waals surface area (Å²) in [6, 6.07) is 0. The van der Waals surface area contributed by atoms with Gasteiger partial charge in [-0.1, -0.05) is 38.7 Å². The summed E-state index contributed by atoms with van der Waals surface area (Å²) in [4.78, 5) is 0. The minimum atomic E-state index is 0.815. The molecule has 0 aromatic rings. The van der Waals surface area contributed by atoms with E-state index in [1.54, 1.807) is 6.08 Å². The predicted molar refractivity (Wildman–Crippen MR) is 53.2 cm³/mol. The first-order valence-electron chi connectivity index (χ1n) is 3.93. The average Bonchev–Trinajstić information content (AvgIpc) is 2.07. The van der Waals surface area contributed by atoms with Crippen LogP contribution in [0.15, 0.2) is 36.1 Å². The van der Waals surface area contributed by atoms with Crippen LogP contribution >= 0.6 is 0 Å². The average molecular weight is 153 g/mol. The van der Waals surface area contributed by atoms with Crippen LogP contribution in [-0.2, 0) is 0 Å². The minimum absolute atomic E-state index is 0.815. The fraction of sp³-hybridized carbons (Fsp3) is 0.400. The molecule has 0 radical (unpaired) electrons. The highest BCUT2D eigenvalue weighted by atomic mass is 14.6. The van der Waals surface area contributed by atoms with E-state index in [9.17, 15) is 0 Å². The highest BCUT2D eigenvalue weighted by Gasteiger charge is 1.86. The van der Waals surface area contributed by atoms with Crippen molar-refractivity contribution in [2.45, 2.75) is 27.7 Å². The quantitative estimate of drug-likeness (QED) is 0.606. The second kappa shape index (κ2) is 9.02. The lowest BCUT2D eigenvalue weighted by Gasteiger charge is -1.96. The van der Waals surface area contributed by atoms with Crippen molar-refractivity contribution in [1.82, 2.24) is 0 Å². The van der Waals surface area contributed by atoms with Crippen molar-refractivity contribution in [3.63, 3.8) is 0 Å². The van der Waals surface area contributed by atoms with E-state index in [1.807, 2.05) is 39.8 Å². The van der Waals surface area contributed by atoms with Crippen LogP contribution in [0.2, 0.25) is 0 Å². The van der Waals surface area contributed by atoms with Gasteiger partial charge in [0.2, 0.25) is 0 Å². The first kappa shape index (κ1) is 12.7. The summed E-state index contributed by atoms with van der Waals surface area (Å²) in [7, 11) is 0. The van der Waals surface area contributed by atoms with E-state index in [-0.39, 0.29) is 0 Å². The molecule has 1 heteroatoms. The van der Waals surface area contributed by atoms with Gasteiger partial charge in [0.25, 0.3) is 0 Å². The monoisotopic (exact) mass is 153 g/mol. The van der Waals surface area contributed by atoms with Gasteiger partial charge < -0.3 is 5.73 Å².